The first-order valence-electron chi connectivity index (χ1n) is 6.60. The molecule has 0 aromatic carbocycles. The molecule has 0 saturated carbocycles. The molecule has 1 aliphatic heterocycles. The van der Waals surface area contributed by atoms with Gasteiger partial charge in [-0.25, -0.2) is 0 Å². The molecule has 0 aromatic heterocycles. The fourth-order valence-corrected chi connectivity index (χ4v) is 2.06. The molecule has 1 saturated heterocycles. The zero-order valence-corrected chi connectivity index (χ0v) is 11.7. The third-order valence-electron chi connectivity index (χ3n) is 3.36. The lowest BCUT2D eigenvalue weighted by Gasteiger charge is -2.37. The van der Waals surface area contributed by atoms with Gasteiger partial charge in [0.1, 0.15) is 0 Å². The molecular weight excluding hydrogens is 232 g/mol. The summed E-state index contributed by atoms with van der Waals surface area (Å²) in [7, 11) is 0. The Balaban J connectivity index is 2.24. The Hall–Kier alpha value is -0.850. The number of hydrogen-bond donors (Lipinski definition) is 2. The van der Waals surface area contributed by atoms with Crippen LogP contribution in [-0.4, -0.2) is 72.3 Å². The molecule has 0 radical (unpaired) electrons. The summed E-state index contributed by atoms with van der Waals surface area (Å²) in [5, 5.41) is 11.7. The third kappa shape index (κ3) is 4.80. The maximum atomic E-state index is 8.67. The van der Waals surface area contributed by atoms with Crippen molar-refractivity contribution in [1.82, 2.24) is 9.80 Å². The molecule has 1 rings (SSSR count). The standard InChI is InChI=1S/C12H26N4O2/c1-10(2)18-9-8-15-4-6-16(7-5-15)11(3)12(13)14-17/h10-11,17H,4-9H2,1-3H3,(H2,13,14). The minimum atomic E-state index is 0.00376. The summed E-state index contributed by atoms with van der Waals surface area (Å²) >= 11 is 0. The molecule has 106 valence electrons. The first kappa shape index (κ1) is 15.2. The number of piperazine rings is 1. The van der Waals surface area contributed by atoms with Gasteiger partial charge >= 0.3 is 0 Å². The van der Waals surface area contributed by atoms with Crippen molar-refractivity contribution in [3.8, 4) is 0 Å². The quantitative estimate of drug-likeness (QED) is 0.307. The van der Waals surface area contributed by atoms with E-state index in [0.29, 0.717) is 6.10 Å². The number of nitrogens with two attached hydrogens (primary N) is 1. The molecule has 1 fully saturated rings. The average Bonchev–Trinajstić information content (AvgIpc) is 2.37. The number of amidine groups is 1. The van der Waals surface area contributed by atoms with E-state index in [0.717, 1.165) is 39.3 Å². The van der Waals surface area contributed by atoms with E-state index in [1.165, 1.54) is 0 Å². The van der Waals surface area contributed by atoms with Crippen molar-refractivity contribution < 1.29 is 9.94 Å². The van der Waals surface area contributed by atoms with Crippen LogP contribution in [0.3, 0.4) is 0 Å². The Kier molecular flexibility index (Phi) is 6.38. The summed E-state index contributed by atoms with van der Waals surface area (Å²) in [5.74, 6) is 0.284. The predicted molar refractivity (Wildman–Crippen MR) is 72.0 cm³/mol. The van der Waals surface area contributed by atoms with Crippen molar-refractivity contribution >= 4 is 5.84 Å². The Morgan fingerprint density at radius 1 is 1.28 bits per heavy atom. The summed E-state index contributed by atoms with van der Waals surface area (Å²) in [6, 6.07) is 0.00376. The Morgan fingerprint density at radius 3 is 2.39 bits per heavy atom. The molecule has 6 nitrogen and oxygen atoms in total. The van der Waals surface area contributed by atoms with Crippen molar-refractivity contribution in [3.05, 3.63) is 0 Å². The minimum Gasteiger partial charge on any atom is -0.409 e. The molecule has 1 unspecified atom stereocenters. The molecule has 0 aliphatic carbocycles. The van der Waals surface area contributed by atoms with Gasteiger partial charge in [0, 0.05) is 32.7 Å². The van der Waals surface area contributed by atoms with E-state index >= 15 is 0 Å². The Morgan fingerprint density at radius 2 is 1.89 bits per heavy atom. The molecule has 18 heavy (non-hydrogen) atoms. The number of oxime groups is 1. The second-order valence-corrected chi connectivity index (χ2v) is 5.00. The van der Waals surface area contributed by atoms with Crippen molar-refractivity contribution in [3.63, 3.8) is 0 Å². The van der Waals surface area contributed by atoms with Gasteiger partial charge in [0.25, 0.3) is 0 Å². The van der Waals surface area contributed by atoms with Crippen LogP contribution in [0.4, 0.5) is 0 Å². The van der Waals surface area contributed by atoms with Gasteiger partial charge in [-0.2, -0.15) is 0 Å². The van der Waals surface area contributed by atoms with E-state index in [4.69, 9.17) is 15.7 Å². The van der Waals surface area contributed by atoms with Crippen molar-refractivity contribution in [2.75, 3.05) is 39.3 Å². The van der Waals surface area contributed by atoms with Crippen molar-refractivity contribution in [2.45, 2.75) is 32.9 Å². The highest BCUT2D eigenvalue weighted by Gasteiger charge is 2.23. The smallest absolute Gasteiger partial charge is 0.156 e. The molecule has 0 amide bonds. The van der Waals surface area contributed by atoms with E-state index in [2.05, 4.69) is 28.8 Å². The highest BCUT2D eigenvalue weighted by atomic mass is 16.5. The van der Waals surface area contributed by atoms with Gasteiger partial charge in [0.15, 0.2) is 5.84 Å². The maximum Gasteiger partial charge on any atom is 0.156 e. The van der Waals surface area contributed by atoms with Gasteiger partial charge in [0.05, 0.1) is 18.8 Å². The lowest BCUT2D eigenvalue weighted by atomic mass is 10.2. The molecule has 0 bridgehead atoms. The van der Waals surface area contributed by atoms with Crippen molar-refractivity contribution in [2.24, 2.45) is 10.9 Å². The summed E-state index contributed by atoms with van der Waals surface area (Å²) < 4.78 is 5.55. The van der Waals surface area contributed by atoms with E-state index in [1.54, 1.807) is 0 Å². The first-order valence-corrected chi connectivity index (χ1v) is 6.60. The highest BCUT2D eigenvalue weighted by molar-refractivity contribution is 5.84. The van der Waals surface area contributed by atoms with Crippen LogP contribution in [-0.2, 0) is 4.74 Å². The largest absolute Gasteiger partial charge is 0.409 e. The van der Waals surface area contributed by atoms with Gasteiger partial charge in [-0.15, -0.1) is 0 Å². The van der Waals surface area contributed by atoms with Crippen LogP contribution in [0.15, 0.2) is 5.16 Å². The van der Waals surface area contributed by atoms with Crippen LogP contribution in [0.5, 0.6) is 0 Å². The zero-order valence-electron chi connectivity index (χ0n) is 11.7. The summed E-state index contributed by atoms with van der Waals surface area (Å²) in [4.78, 5) is 4.62. The summed E-state index contributed by atoms with van der Waals surface area (Å²) in [6.07, 6.45) is 0.298. The van der Waals surface area contributed by atoms with E-state index < -0.39 is 0 Å². The number of hydrogen-bond acceptors (Lipinski definition) is 5. The summed E-state index contributed by atoms with van der Waals surface area (Å²) in [6.45, 7) is 11.7. The Labute approximate surface area is 109 Å². The Bertz CT molecular complexity index is 263. The van der Waals surface area contributed by atoms with Gasteiger partial charge in [-0.3, -0.25) is 9.80 Å². The van der Waals surface area contributed by atoms with Crippen LogP contribution in [0, 0.1) is 0 Å². The fraction of sp³-hybridized carbons (Fsp3) is 0.917. The third-order valence-corrected chi connectivity index (χ3v) is 3.36. The molecule has 1 heterocycles. The second-order valence-electron chi connectivity index (χ2n) is 5.00. The monoisotopic (exact) mass is 258 g/mol. The average molecular weight is 258 g/mol. The van der Waals surface area contributed by atoms with Crippen LogP contribution in [0.2, 0.25) is 0 Å². The molecule has 0 aromatic rings. The number of nitrogens with zero attached hydrogens (tertiary/aromatic N) is 3. The number of ether oxygens (including phenoxy) is 1. The molecule has 3 N–H and O–H groups in total. The topological polar surface area (TPSA) is 74.3 Å². The second kappa shape index (κ2) is 7.56. The minimum absolute atomic E-state index is 0.00376. The van der Waals surface area contributed by atoms with E-state index in [-0.39, 0.29) is 11.9 Å². The van der Waals surface area contributed by atoms with Gasteiger partial charge in [0.2, 0.25) is 0 Å². The highest BCUT2D eigenvalue weighted by Crippen LogP contribution is 2.06. The SMILES string of the molecule is CC(C)OCCN1CCN(C(C)C(N)=NO)CC1. The molecule has 0 spiro atoms. The van der Waals surface area contributed by atoms with Gasteiger partial charge in [-0.05, 0) is 20.8 Å². The van der Waals surface area contributed by atoms with Gasteiger partial charge in [-0.1, -0.05) is 5.16 Å². The van der Waals surface area contributed by atoms with Gasteiger partial charge < -0.3 is 15.7 Å². The molecular formula is C12H26N4O2. The first-order chi connectivity index (χ1) is 8.54. The zero-order chi connectivity index (χ0) is 13.5. The number of rotatable bonds is 6. The lowest BCUT2D eigenvalue weighted by Crippen LogP contribution is -2.53. The molecule has 6 heteroatoms. The van der Waals surface area contributed by atoms with Crippen LogP contribution in [0.1, 0.15) is 20.8 Å². The molecule has 1 atom stereocenters. The maximum absolute atomic E-state index is 8.67. The predicted octanol–water partition coefficient (Wildman–Crippen LogP) is 0.164. The van der Waals surface area contributed by atoms with Crippen molar-refractivity contribution in [1.29, 1.82) is 0 Å². The van der Waals surface area contributed by atoms with Crippen LogP contribution < -0.4 is 5.73 Å². The van der Waals surface area contributed by atoms with Crippen LogP contribution >= 0.6 is 0 Å². The fourth-order valence-electron chi connectivity index (χ4n) is 2.06. The van der Waals surface area contributed by atoms with E-state index in [1.807, 2.05) is 6.92 Å². The van der Waals surface area contributed by atoms with E-state index in [9.17, 15) is 0 Å². The normalized spacial score (nSPS) is 21.4. The lowest BCUT2D eigenvalue weighted by molar-refractivity contribution is 0.0428. The molecule has 1 aliphatic rings. The summed E-state index contributed by atoms with van der Waals surface area (Å²) in [5.41, 5.74) is 5.62. The van der Waals surface area contributed by atoms with Crippen LogP contribution in [0.25, 0.3) is 0 Å².